The minimum atomic E-state index is 0.745. The van der Waals surface area contributed by atoms with Crippen molar-refractivity contribution in [2.75, 3.05) is 0 Å². The first-order valence-electron chi connectivity index (χ1n) is 3.28. The van der Waals surface area contributed by atoms with Crippen LogP contribution in [-0.2, 0) is 0 Å². The van der Waals surface area contributed by atoms with Crippen molar-refractivity contribution < 1.29 is 0 Å². The minimum Gasteiger partial charge on any atom is -0.126 e. The maximum atomic E-state index is 2.24. The fourth-order valence-corrected chi connectivity index (χ4v) is 1.85. The molecule has 1 atom stereocenters. The van der Waals surface area contributed by atoms with Gasteiger partial charge in [0.1, 0.15) is 0 Å². The average molecular weight is 140 g/mol. The lowest BCUT2D eigenvalue weighted by molar-refractivity contribution is 1.01. The third-order valence-corrected chi connectivity index (χ3v) is 2.89. The van der Waals surface area contributed by atoms with Crippen LogP contribution in [0, 0.1) is 0 Å². The van der Waals surface area contributed by atoms with Crippen LogP contribution in [0.1, 0.15) is 20.3 Å². The molecule has 1 heterocycles. The SMILES string of the molecule is C/C=C(\C)C1CC=CS1. The lowest BCUT2D eigenvalue weighted by Gasteiger charge is -2.06. The smallest absolute Gasteiger partial charge is 0.0329 e. The van der Waals surface area contributed by atoms with E-state index < -0.39 is 0 Å². The van der Waals surface area contributed by atoms with Crippen LogP contribution in [-0.4, -0.2) is 5.25 Å². The van der Waals surface area contributed by atoms with Crippen LogP contribution in [0.3, 0.4) is 0 Å². The number of hydrogen-bond acceptors (Lipinski definition) is 1. The molecule has 1 aliphatic rings. The second-order valence-corrected chi connectivity index (χ2v) is 3.38. The van der Waals surface area contributed by atoms with Crippen molar-refractivity contribution >= 4 is 11.8 Å². The van der Waals surface area contributed by atoms with Crippen molar-refractivity contribution in [3.05, 3.63) is 23.1 Å². The summed E-state index contributed by atoms with van der Waals surface area (Å²) in [5, 5.41) is 2.94. The van der Waals surface area contributed by atoms with E-state index in [4.69, 9.17) is 0 Å². The van der Waals surface area contributed by atoms with Gasteiger partial charge in [-0.1, -0.05) is 17.7 Å². The highest BCUT2D eigenvalue weighted by atomic mass is 32.2. The van der Waals surface area contributed by atoms with E-state index in [1.165, 1.54) is 12.0 Å². The summed E-state index contributed by atoms with van der Waals surface area (Å²) in [6.45, 7) is 4.30. The van der Waals surface area contributed by atoms with Crippen LogP contribution in [0.25, 0.3) is 0 Å². The van der Waals surface area contributed by atoms with Crippen molar-refractivity contribution in [1.82, 2.24) is 0 Å². The lowest BCUT2D eigenvalue weighted by Crippen LogP contribution is -1.96. The Bertz CT molecular complexity index is 137. The van der Waals surface area contributed by atoms with E-state index in [2.05, 4.69) is 31.4 Å². The van der Waals surface area contributed by atoms with E-state index in [9.17, 15) is 0 Å². The second kappa shape index (κ2) is 3.11. The molecule has 0 fully saturated rings. The van der Waals surface area contributed by atoms with Gasteiger partial charge in [-0.3, -0.25) is 0 Å². The lowest BCUT2D eigenvalue weighted by atomic mass is 10.1. The topological polar surface area (TPSA) is 0 Å². The second-order valence-electron chi connectivity index (χ2n) is 2.26. The molecule has 1 rings (SSSR count). The number of rotatable bonds is 1. The van der Waals surface area contributed by atoms with Gasteiger partial charge in [-0.25, -0.2) is 0 Å². The molecule has 0 bridgehead atoms. The molecule has 9 heavy (non-hydrogen) atoms. The molecule has 0 aromatic carbocycles. The van der Waals surface area contributed by atoms with Crippen molar-refractivity contribution in [3.63, 3.8) is 0 Å². The predicted molar refractivity (Wildman–Crippen MR) is 44.6 cm³/mol. The van der Waals surface area contributed by atoms with E-state index in [-0.39, 0.29) is 0 Å². The molecule has 0 amide bonds. The zero-order valence-electron chi connectivity index (χ0n) is 5.92. The fraction of sp³-hybridized carbons (Fsp3) is 0.500. The van der Waals surface area contributed by atoms with Crippen LogP contribution in [0.15, 0.2) is 23.1 Å². The largest absolute Gasteiger partial charge is 0.126 e. The third kappa shape index (κ3) is 1.62. The highest BCUT2D eigenvalue weighted by Crippen LogP contribution is 2.29. The van der Waals surface area contributed by atoms with Gasteiger partial charge in [0.2, 0.25) is 0 Å². The normalized spacial score (nSPS) is 27.3. The Labute approximate surface area is 61.0 Å². The van der Waals surface area contributed by atoms with E-state index in [0.29, 0.717) is 0 Å². The highest BCUT2D eigenvalue weighted by molar-refractivity contribution is 8.03. The van der Waals surface area contributed by atoms with Crippen LogP contribution in [0.5, 0.6) is 0 Å². The molecule has 0 N–H and O–H groups in total. The van der Waals surface area contributed by atoms with Gasteiger partial charge in [-0.15, -0.1) is 11.8 Å². The van der Waals surface area contributed by atoms with E-state index in [0.717, 1.165) is 5.25 Å². The molecule has 0 spiro atoms. The average Bonchev–Trinajstić information content (AvgIpc) is 2.37. The maximum Gasteiger partial charge on any atom is 0.0329 e. The molecule has 0 radical (unpaired) electrons. The van der Waals surface area contributed by atoms with Crippen LogP contribution < -0.4 is 0 Å². The van der Waals surface area contributed by atoms with Crippen molar-refractivity contribution in [1.29, 1.82) is 0 Å². The van der Waals surface area contributed by atoms with Crippen LogP contribution >= 0.6 is 11.8 Å². The van der Waals surface area contributed by atoms with Crippen LogP contribution in [0.2, 0.25) is 0 Å². The predicted octanol–water partition coefficient (Wildman–Crippen LogP) is 2.97. The van der Waals surface area contributed by atoms with Gasteiger partial charge in [0.05, 0.1) is 0 Å². The highest BCUT2D eigenvalue weighted by Gasteiger charge is 2.10. The number of allylic oxidation sites excluding steroid dienone is 2. The maximum absolute atomic E-state index is 2.24. The fourth-order valence-electron chi connectivity index (χ4n) is 0.864. The first kappa shape index (κ1) is 6.94. The molecule has 0 aromatic heterocycles. The number of hydrogen-bond donors (Lipinski definition) is 0. The standard InChI is InChI=1S/C8H12S/c1-3-7(2)8-5-4-6-9-8/h3-4,6,8H,5H2,1-2H3/b7-3+. The zero-order chi connectivity index (χ0) is 6.69. The van der Waals surface area contributed by atoms with Gasteiger partial charge >= 0.3 is 0 Å². The monoisotopic (exact) mass is 140 g/mol. The van der Waals surface area contributed by atoms with Crippen LogP contribution in [0.4, 0.5) is 0 Å². The summed E-state index contributed by atoms with van der Waals surface area (Å²) in [6, 6.07) is 0. The summed E-state index contributed by atoms with van der Waals surface area (Å²) in [7, 11) is 0. The van der Waals surface area contributed by atoms with Gasteiger partial charge in [-0.2, -0.15) is 0 Å². The first-order valence-corrected chi connectivity index (χ1v) is 4.22. The molecule has 0 aromatic rings. The molecule has 50 valence electrons. The third-order valence-electron chi connectivity index (χ3n) is 1.65. The Kier molecular flexibility index (Phi) is 2.40. The van der Waals surface area contributed by atoms with Gasteiger partial charge in [0, 0.05) is 5.25 Å². The van der Waals surface area contributed by atoms with E-state index in [1.807, 2.05) is 11.8 Å². The Hall–Kier alpha value is -0.170. The molecule has 1 unspecified atom stereocenters. The summed E-state index contributed by atoms with van der Waals surface area (Å²) >= 11 is 1.93. The van der Waals surface area contributed by atoms with Crippen molar-refractivity contribution in [3.8, 4) is 0 Å². The molecule has 0 saturated heterocycles. The molecule has 0 saturated carbocycles. The van der Waals surface area contributed by atoms with Gasteiger partial charge in [0.15, 0.2) is 0 Å². The van der Waals surface area contributed by atoms with E-state index >= 15 is 0 Å². The summed E-state index contributed by atoms with van der Waals surface area (Å²) in [5.74, 6) is 0. The quantitative estimate of drug-likeness (QED) is 0.504. The van der Waals surface area contributed by atoms with Gasteiger partial charge in [-0.05, 0) is 25.7 Å². The number of thioether (sulfide) groups is 1. The molecule has 0 nitrogen and oxygen atoms in total. The van der Waals surface area contributed by atoms with Crippen molar-refractivity contribution in [2.45, 2.75) is 25.5 Å². The Morgan fingerprint density at radius 1 is 1.78 bits per heavy atom. The van der Waals surface area contributed by atoms with Gasteiger partial charge < -0.3 is 0 Å². The Morgan fingerprint density at radius 2 is 2.56 bits per heavy atom. The molecule has 0 aliphatic carbocycles. The van der Waals surface area contributed by atoms with E-state index in [1.54, 1.807) is 0 Å². The Balaban J connectivity index is 2.46. The molecular weight excluding hydrogens is 128 g/mol. The van der Waals surface area contributed by atoms with Crippen molar-refractivity contribution in [2.24, 2.45) is 0 Å². The summed E-state index contributed by atoms with van der Waals surface area (Å²) in [6.07, 6.45) is 5.66. The summed E-state index contributed by atoms with van der Waals surface area (Å²) < 4.78 is 0. The van der Waals surface area contributed by atoms with Gasteiger partial charge in [0.25, 0.3) is 0 Å². The molecule has 1 aliphatic heterocycles. The summed E-state index contributed by atoms with van der Waals surface area (Å²) in [4.78, 5) is 0. The first-order chi connectivity index (χ1) is 4.34. The minimum absolute atomic E-state index is 0.745. The molecule has 1 heteroatoms. The Morgan fingerprint density at radius 3 is 3.00 bits per heavy atom. The molecular formula is C8H12S. The summed E-state index contributed by atoms with van der Waals surface area (Å²) in [5.41, 5.74) is 1.50. The zero-order valence-corrected chi connectivity index (χ0v) is 6.74.